The van der Waals surface area contributed by atoms with Crippen molar-refractivity contribution >= 4 is 11.7 Å². The topological polar surface area (TPSA) is 83.9 Å². The molecule has 132 valence electrons. The van der Waals surface area contributed by atoms with E-state index in [9.17, 15) is 4.79 Å². The van der Waals surface area contributed by atoms with Crippen LogP contribution in [0.3, 0.4) is 0 Å². The summed E-state index contributed by atoms with van der Waals surface area (Å²) in [6, 6.07) is 19.2. The van der Waals surface area contributed by atoms with Gasteiger partial charge in [0, 0.05) is 29.2 Å². The summed E-state index contributed by atoms with van der Waals surface area (Å²) in [5.41, 5.74) is 10.7. The standard InChI is InChI=1S/C21H22N4O/c1-14-12-19(15(2)25(14)18-6-4-3-5-7-18)21(26)24-13-16-8-10-17(11-9-16)20(22)23/h3-12H,13H2,1-2H3,(H3,22,23)(H,24,26). The van der Waals surface area contributed by atoms with Crippen molar-refractivity contribution in [3.8, 4) is 5.69 Å². The number of hydrogen-bond donors (Lipinski definition) is 3. The van der Waals surface area contributed by atoms with Gasteiger partial charge in [0.1, 0.15) is 5.84 Å². The Morgan fingerprint density at radius 1 is 1.08 bits per heavy atom. The lowest BCUT2D eigenvalue weighted by atomic mass is 10.1. The SMILES string of the molecule is Cc1cc(C(=O)NCc2ccc(C(=N)N)cc2)c(C)n1-c1ccccc1. The van der Waals surface area contributed by atoms with Crippen molar-refractivity contribution in [1.82, 2.24) is 9.88 Å². The van der Waals surface area contributed by atoms with Gasteiger partial charge in [0.15, 0.2) is 0 Å². The molecule has 0 radical (unpaired) electrons. The molecule has 0 spiro atoms. The second-order valence-electron chi connectivity index (χ2n) is 6.25. The molecule has 0 saturated heterocycles. The molecule has 1 amide bonds. The van der Waals surface area contributed by atoms with Crippen molar-refractivity contribution in [2.75, 3.05) is 0 Å². The van der Waals surface area contributed by atoms with Crippen molar-refractivity contribution in [3.05, 3.63) is 88.7 Å². The summed E-state index contributed by atoms with van der Waals surface area (Å²) < 4.78 is 2.08. The van der Waals surface area contributed by atoms with Gasteiger partial charge < -0.3 is 15.6 Å². The van der Waals surface area contributed by atoms with Gasteiger partial charge in [-0.05, 0) is 37.6 Å². The molecule has 3 rings (SSSR count). The summed E-state index contributed by atoms with van der Waals surface area (Å²) in [5, 5.41) is 10.4. The second kappa shape index (κ2) is 7.27. The van der Waals surface area contributed by atoms with Gasteiger partial charge in [0.2, 0.25) is 0 Å². The molecule has 4 N–H and O–H groups in total. The number of aryl methyl sites for hydroxylation is 1. The first-order valence-corrected chi connectivity index (χ1v) is 8.43. The molecule has 1 heterocycles. The molecule has 26 heavy (non-hydrogen) atoms. The molecule has 0 unspecified atom stereocenters. The third kappa shape index (κ3) is 3.52. The maximum Gasteiger partial charge on any atom is 0.253 e. The van der Waals surface area contributed by atoms with Crippen LogP contribution in [0.25, 0.3) is 5.69 Å². The third-order valence-electron chi connectivity index (χ3n) is 4.41. The summed E-state index contributed by atoms with van der Waals surface area (Å²) in [7, 11) is 0. The Morgan fingerprint density at radius 2 is 1.73 bits per heavy atom. The zero-order valence-electron chi connectivity index (χ0n) is 14.9. The van der Waals surface area contributed by atoms with E-state index < -0.39 is 0 Å². The Balaban J connectivity index is 1.75. The molecule has 5 nitrogen and oxygen atoms in total. The maximum absolute atomic E-state index is 12.6. The first kappa shape index (κ1) is 17.5. The zero-order valence-corrected chi connectivity index (χ0v) is 14.9. The lowest BCUT2D eigenvalue weighted by Gasteiger charge is -2.10. The second-order valence-corrected chi connectivity index (χ2v) is 6.25. The predicted molar refractivity (Wildman–Crippen MR) is 104 cm³/mol. The molecular formula is C21H22N4O. The minimum atomic E-state index is -0.101. The van der Waals surface area contributed by atoms with Gasteiger partial charge in [-0.15, -0.1) is 0 Å². The van der Waals surface area contributed by atoms with Crippen molar-refractivity contribution in [2.45, 2.75) is 20.4 Å². The summed E-state index contributed by atoms with van der Waals surface area (Å²) in [6.45, 7) is 4.37. The predicted octanol–water partition coefficient (Wildman–Crippen LogP) is 3.31. The van der Waals surface area contributed by atoms with E-state index in [0.717, 1.165) is 22.6 Å². The van der Waals surface area contributed by atoms with Crippen LogP contribution in [0.5, 0.6) is 0 Å². The minimum absolute atomic E-state index is 0.0361. The van der Waals surface area contributed by atoms with Crippen LogP contribution in [0, 0.1) is 19.3 Å². The average Bonchev–Trinajstić information content (AvgIpc) is 2.95. The number of carbonyl (C=O) groups is 1. The Bertz CT molecular complexity index is 940. The Labute approximate surface area is 153 Å². The van der Waals surface area contributed by atoms with Crippen LogP contribution in [-0.2, 0) is 6.54 Å². The molecule has 0 aliphatic heterocycles. The molecule has 0 fully saturated rings. The highest BCUT2D eigenvalue weighted by atomic mass is 16.1. The average molecular weight is 346 g/mol. The van der Waals surface area contributed by atoms with E-state index in [1.165, 1.54) is 0 Å². The van der Waals surface area contributed by atoms with E-state index in [1.54, 1.807) is 12.1 Å². The van der Waals surface area contributed by atoms with Crippen LogP contribution in [0.15, 0.2) is 60.7 Å². The fourth-order valence-electron chi connectivity index (χ4n) is 3.05. The molecule has 3 aromatic rings. The van der Waals surface area contributed by atoms with E-state index in [0.29, 0.717) is 17.7 Å². The number of aromatic nitrogens is 1. The summed E-state index contributed by atoms with van der Waals surface area (Å²) >= 11 is 0. The van der Waals surface area contributed by atoms with E-state index in [1.807, 2.05) is 62.4 Å². The monoisotopic (exact) mass is 346 g/mol. The highest BCUT2D eigenvalue weighted by molar-refractivity contribution is 5.96. The molecule has 0 bridgehead atoms. The highest BCUT2D eigenvalue weighted by Crippen LogP contribution is 2.20. The van der Waals surface area contributed by atoms with E-state index in [4.69, 9.17) is 11.1 Å². The zero-order chi connectivity index (χ0) is 18.7. The lowest BCUT2D eigenvalue weighted by Crippen LogP contribution is -2.23. The Hall–Kier alpha value is -3.34. The summed E-state index contributed by atoms with van der Waals surface area (Å²) in [6.07, 6.45) is 0. The number of hydrogen-bond acceptors (Lipinski definition) is 2. The molecule has 1 aromatic heterocycles. The number of benzene rings is 2. The van der Waals surface area contributed by atoms with Gasteiger partial charge in [-0.25, -0.2) is 0 Å². The first-order valence-electron chi connectivity index (χ1n) is 8.43. The first-order chi connectivity index (χ1) is 12.5. The van der Waals surface area contributed by atoms with Gasteiger partial charge >= 0.3 is 0 Å². The minimum Gasteiger partial charge on any atom is -0.384 e. The van der Waals surface area contributed by atoms with Crippen LogP contribution in [0.4, 0.5) is 0 Å². The van der Waals surface area contributed by atoms with Crippen molar-refractivity contribution in [3.63, 3.8) is 0 Å². The maximum atomic E-state index is 12.6. The van der Waals surface area contributed by atoms with Crippen LogP contribution in [0.2, 0.25) is 0 Å². The number of amidine groups is 1. The molecule has 0 aliphatic rings. The van der Waals surface area contributed by atoms with Crippen LogP contribution >= 0.6 is 0 Å². The molecule has 0 saturated carbocycles. The van der Waals surface area contributed by atoms with Crippen LogP contribution in [-0.4, -0.2) is 16.3 Å². The Kier molecular flexibility index (Phi) is 4.89. The quantitative estimate of drug-likeness (QED) is 0.489. The number of nitrogens with one attached hydrogen (secondary N) is 2. The molecule has 2 aromatic carbocycles. The number of para-hydroxylation sites is 1. The number of amides is 1. The number of nitrogens with two attached hydrogens (primary N) is 1. The van der Waals surface area contributed by atoms with E-state index in [-0.39, 0.29) is 11.7 Å². The van der Waals surface area contributed by atoms with E-state index in [2.05, 4.69) is 9.88 Å². The largest absolute Gasteiger partial charge is 0.384 e. The number of rotatable bonds is 5. The van der Waals surface area contributed by atoms with Crippen LogP contribution < -0.4 is 11.1 Å². The number of carbonyl (C=O) groups excluding carboxylic acids is 1. The Morgan fingerprint density at radius 3 is 2.35 bits per heavy atom. The molecule has 5 heteroatoms. The lowest BCUT2D eigenvalue weighted by molar-refractivity contribution is 0.0950. The van der Waals surface area contributed by atoms with Gasteiger partial charge in [0.05, 0.1) is 5.56 Å². The van der Waals surface area contributed by atoms with Gasteiger partial charge in [0.25, 0.3) is 5.91 Å². The third-order valence-corrected chi connectivity index (χ3v) is 4.41. The number of nitrogens with zero attached hydrogens (tertiary/aromatic N) is 1. The normalized spacial score (nSPS) is 10.5. The molecular weight excluding hydrogens is 324 g/mol. The van der Waals surface area contributed by atoms with Crippen molar-refractivity contribution in [1.29, 1.82) is 5.41 Å². The summed E-state index contributed by atoms with van der Waals surface area (Å²) in [4.78, 5) is 12.6. The van der Waals surface area contributed by atoms with Crippen molar-refractivity contribution in [2.24, 2.45) is 5.73 Å². The van der Waals surface area contributed by atoms with Crippen molar-refractivity contribution < 1.29 is 4.79 Å². The fraction of sp³-hybridized carbons (Fsp3) is 0.143. The van der Waals surface area contributed by atoms with Gasteiger partial charge in [-0.2, -0.15) is 0 Å². The van der Waals surface area contributed by atoms with Gasteiger partial charge in [-0.1, -0.05) is 42.5 Å². The number of nitrogen functional groups attached to an aromatic ring is 1. The molecule has 0 aliphatic carbocycles. The summed E-state index contributed by atoms with van der Waals surface area (Å²) in [5.74, 6) is -0.0649. The molecule has 0 atom stereocenters. The smallest absolute Gasteiger partial charge is 0.253 e. The highest BCUT2D eigenvalue weighted by Gasteiger charge is 2.16. The van der Waals surface area contributed by atoms with Gasteiger partial charge in [-0.3, -0.25) is 10.2 Å². The van der Waals surface area contributed by atoms with E-state index >= 15 is 0 Å². The van der Waals surface area contributed by atoms with Crippen LogP contribution in [0.1, 0.15) is 32.9 Å². The fourth-order valence-corrected chi connectivity index (χ4v) is 3.05.